The second-order valence-electron chi connectivity index (χ2n) is 4.19. The minimum Gasteiger partial charge on any atom is -0.265 e. The van der Waals surface area contributed by atoms with Gasteiger partial charge >= 0.3 is 0 Å². The average molecular weight is 283 g/mol. The van der Waals surface area contributed by atoms with E-state index in [2.05, 4.69) is 49.8 Å². The van der Waals surface area contributed by atoms with Gasteiger partial charge in [0.25, 0.3) is 0 Å². The number of hydrogen-bond acceptors (Lipinski definition) is 5. The van der Waals surface area contributed by atoms with E-state index < -0.39 is 0 Å². The van der Waals surface area contributed by atoms with Crippen molar-refractivity contribution in [3.8, 4) is 11.1 Å². The summed E-state index contributed by atoms with van der Waals surface area (Å²) in [5, 5.41) is 5.20. The molecule has 0 atom stereocenters. The highest BCUT2D eigenvalue weighted by Gasteiger charge is 2.12. The minimum atomic E-state index is 0.827. The van der Waals surface area contributed by atoms with Gasteiger partial charge in [0, 0.05) is 30.8 Å². The Labute approximate surface area is 121 Å². The van der Waals surface area contributed by atoms with Gasteiger partial charge in [-0.2, -0.15) is 5.10 Å². The minimum absolute atomic E-state index is 0.827. The molecule has 6 heteroatoms. The van der Waals surface area contributed by atoms with E-state index in [1.807, 2.05) is 12.4 Å². The topological polar surface area (TPSA) is 62.5 Å². The number of aliphatic imine (C=N–C) groups is 1. The van der Waals surface area contributed by atoms with Gasteiger partial charge in [-0.05, 0) is 11.1 Å². The molecule has 1 aromatic heterocycles. The van der Waals surface area contributed by atoms with Crippen LogP contribution < -0.4 is 5.43 Å². The molecule has 3 rings (SSSR count). The molecule has 2 aromatic rings. The summed E-state index contributed by atoms with van der Waals surface area (Å²) in [7, 11) is 1.76. The number of rotatable bonds is 2. The fourth-order valence-electron chi connectivity index (χ4n) is 1.88. The van der Waals surface area contributed by atoms with E-state index in [0.717, 1.165) is 33.3 Å². The highest BCUT2D eigenvalue weighted by atomic mass is 32.2. The van der Waals surface area contributed by atoms with E-state index in [4.69, 9.17) is 0 Å². The highest BCUT2D eigenvalue weighted by Crippen LogP contribution is 2.19. The molecule has 0 saturated carbocycles. The second-order valence-corrected chi connectivity index (χ2v) is 5.16. The maximum absolute atomic E-state index is 4.34. The average Bonchev–Trinajstić information content (AvgIpc) is 2.56. The number of aromatic nitrogens is 2. The van der Waals surface area contributed by atoms with Gasteiger partial charge in [0.2, 0.25) is 0 Å². The molecule has 100 valence electrons. The van der Waals surface area contributed by atoms with Crippen LogP contribution in [0.1, 0.15) is 5.56 Å². The molecule has 0 radical (unpaired) electrons. The molecule has 1 N–H and O–H groups in total. The monoisotopic (exact) mass is 283 g/mol. The first-order valence-electron chi connectivity index (χ1n) is 6.15. The highest BCUT2D eigenvalue weighted by molar-refractivity contribution is 8.14. The van der Waals surface area contributed by atoms with Gasteiger partial charge in [-0.15, -0.1) is 0 Å². The van der Waals surface area contributed by atoms with E-state index >= 15 is 0 Å². The van der Waals surface area contributed by atoms with Gasteiger partial charge in [-0.25, -0.2) is 9.97 Å². The first kappa shape index (κ1) is 12.8. The number of nitrogens with zero attached hydrogens (tertiary/aromatic N) is 4. The molecule has 1 aliphatic rings. The lowest BCUT2D eigenvalue weighted by atomic mass is 10.0. The lowest BCUT2D eigenvalue weighted by Crippen LogP contribution is -2.25. The van der Waals surface area contributed by atoms with E-state index in [1.165, 1.54) is 6.33 Å². The van der Waals surface area contributed by atoms with Crippen LogP contribution in [0.25, 0.3) is 11.1 Å². The van der Waals surface area contributed by atoms with Crippen molar-refractivity contribution >= 4 is 22.6 Å². The lowest BCUT2D eigenvalue weighted by molar-refractivity contribution is 1.03. The molecule has 1 aliphatic heterocycles. The predicted molar refractivity (Wildman–Crippen MR) is 83.0 cm³/mol. The van der Waals surface area contributed by atoms with E-state index in [0.29, 0.717) is 0 Å². The zero-order valence-corrected chi connectivity index (χ0v) is 11.8. The largest absolute Gasteiger partial charge is 0.265 e. The fourth-order valence-corrected chi connectivity index (χ4v) is 2.63. The third-order valence-corrected chi connectivity index (χ3v) is 3.91. The van der Waals surface area contributed by atoms with Gasteiger partial charge in [-0.1, -0.05) is 36.0 Å². The van der Waals surface area contributed by atoms with E-state index in [-0.39, 0.29) is 0 Å². The summed E-state index contributed by atoms with van der Waals surface area (Å²) in [6.45, 7) is 0. The summed E-state index contributed by atoms with van der Waals surface area (Å²) in [5.41, 5.74) is 7.19. The van der Waals surface area contributed by atoms with Gasteiger partial charge in [0.05, 0.1) is 5.71 Å². The number of hydrogen-bond donors (Lipinski definition) is 1. The molecule has 5 nitrogen and oxygen atoms in total. The van der Waals surface area contributed by atoms with Crippen LogP contribution in [0, 0.1) is 0 Å². The number of hydrazone groups is 1. The lowest BCUT2D eigenvalue weighted by Gasteiger charge is -2.14. The molecule has 20 heavy (non-hydrogen) atoms. The van der Waals surface area contributed by atoms with E-state index in [9.17, 15) is 0 Å². The quantitative estimate of drug-likeness (QED) is 0.917. The molecule has 0 amide bonds. The third kappa shape index (κ3) is 2.70. The number of benzene rings is 1. The molecule has 0 fully saturated rings. The molecular weight excluding hydrogens is 270 g/mol. The first-order valence-corrected chi connectivity index (χ1v) is 7.13. The van der Waals surface area contributed by atoms with Crippen LogP contribution in [-0.2, 0) is 0 Å². The summed E-state index contributed by atoms with van der Waals surface area (Å²) >= 11 is 1.65. The van der Waals surface area contributed by atoms with Crippen molar-refractivity contribution in [1.29, 1.82) is 0 Å². The Balaban J connectivity index is 1.82. The van der Waals surface area contributed by atoms with E-state index in [1.54, 1.807) is 18.8 Å². The Hall–Kier alpha value is -2.21. The van der Waals surface area contributed by atoms with Gasteiger partial charge in [-0.3, -0.25) is 10.4 Å². The van der Waals surface area contributed by atoms with Crippen LogP contribution >= 0.6 is 11.8 Å². The molecule has 0 unspecified atom stereocenters. The summed E-state index contributed by atoms with van der Waals surface area (Å²) in [6.07, 6.45) is 5.15. The summed E-state index contributed by atoms with van der Waals surface area (Å²) in [4.78, 5) is 12.1. The molecule has 2 heterocycles. The van der Waals surface area contributed by atoms with Crippen molar-refractivity contribution in [2.45, 2.75) is 0 Å². The van der Waals surface area contributed by atoms with Crippen molar-refractivity contribution in [3.05, 3.63) is 48.5 Å². The molecular formula is C14H13N5S. The Morgan fingerprint density at radius 1 is 1.05 bits per heavy atom. The zero-order valence-electron chi connectivity index (χ0n) is 10.9. The summed E-state index contributed by atoms with van der Waals surface area (Å²) in [6, 6.07) is 8.25. The fraction of sp³-hybridized carbons (Fsp3) is 0.143. The Morgan fingerprint density at radius 2 is 1.75 bits per heavy atom. The summed E-state index contributed by atoms with van der Waals surface area (Å²) in [5.74, 6) is 0.827. The van der Waals surface area contributed by atoms with Gasteiger partial charge in [0.1, 0.15) is 6.33 Å². The summed E-state index contributed by atoms with van der Waals surface area (Å²) < 4.78 is 0. The van der Waals surface area contributed by atoms with Crippen molar-refractivity contribution in [2.24, 2.45) is 10.1 Å². The predicted octanol–water partition coefficient (Wildman–Crippen LogP) is 2.17. The van der Waals surface area contributed by atoms with Crippen molar-refractivity contribution in [1.82, 2.24) is 15.4 Å². The number of thioether (sulfide) groups is 1. The smallest absolute Gasteiger partial charge is 0.177 e. The SMILES string of the molecule is CN=C1NN=C(c2ccc(-c3cncnc3)cc2)CS1. The van der Waals surface area contributed by atoms with Crippen LogP contribution in [-0.4, -0.2) is 33.6 Å². The van der Waals surface area contributed by atoms with Gasteiger partial charge in [0.15, 0.2) is 5.17 Å². The standard InChI is InChI=1S/C14H13N5S/c1-15-14-19-18-13(8-20-14)11-4-2-10(3-5-11)12-6-16-9-17-7-12/h2-7,9H,8H2,1H3,(H,15,19). The molecule has 0 saturated heterocycles. The van der Waals surface area contributed by atoms with Crippen LogP contribution in [0.4, 0.5) is 0 Å². The Kier molecular flexibility index (Phi) is 3.73. The van der Waals surface area contributed by atoms with Crippen LogP contribution in [0.2, 0.25) is 0 Å². The van der Waals surface area contributed by atoms with Crippen LogP contribution in [0.3, 0.4) is 0 Å². The third-order valence-electron chi connectivity index (χ3n) is 2.95. The Morgan fingerprint density at radius 3 is 2.35 bits per heavy atom. The first-order chi connectivity index (χ1) is 9.86. The van der Waals surface area contributed by atoms with Crippen molar-refractivity contribution in [2.75, 3.05) is 12.8 Å². The molecule has 0 spiro atoms. The normalized spacial score (nSPS) is 16.6. The Bertz CT molecular complexity index is 649. The maximum atomic E-state index is 4.34. The molecule has 0 aliphatic carbocycles. The molecule has 0 bridgehead atoms. The van der Waals surface area contributed by atoms with Crippen LogP contribution in [0.15, 0.2) is 53.1 Å². The molecule has 1 aromatic carbocycles. The van der Waals surface area contributed by atoms with Crippen molar-refractivity contribution < 1.29 is 0 Å². The number of amidine groups is 1. The second kappa shape index (κ2) is 5.83. The maximum Gasteiger partial charge on any atom is 0.177 e. The van der Waals surface area contributed by atoms with Gasteiger partial charge < -0.3 is 0 Å². The zero-order chi connectivity index (χ0) is 13.8. The van der Waals surface area contributed by atoms with Crippen LogP contribution in [0.5, 0.6) is 0 Å². The van der Waals surface area contributed by atoms with Crippen molar-refractivity contribution in [3.63, 3.8) is 0 Å². The number of nitrogens with one attached hydrogen (secondary N) is 1.